The summed E-state index contributed by atoms with van der Waals surface area (Å²) < 4.78 is 0. The van der Waals surface area contributed by atoms with E-state index in [0.29, 0.717) is 12.2 Å². The smallest absolute Gasteiger partial charge is 0.270 e. The molecular formula is C20H20N4O. The van der Waals surface area contributed by atoms with Gasteiger partial charge in [-0.3, -0.25) is 9.78 Å². The second-order valence-electron chi connectivity index (χ2n) is 5.75. The van der Waals surface area contributed by atoms with Crippen LogP contribution in [0.1, 0.15) is 34.6 Å². The maximum Gasteiger partial charge on any atom is 0.270 e. The number of amides is 1. The van der Waals surface area contributed by atoms with Crippen molar-refractivity contribution in [3.05, 3.63) is 90.0 Å². The second-order valence-corrected chi connectivity index (χ2v) is 5.75. The van der Waals surface area contributed by atoms with Crippen molar-refractivity contribution in [3.8, 4) is 0 Å². The summed E-state index contributed by atoms with van der Waals surface area (Å²) in [5.74, 6) is -0.195. The fraction of sp³-hybridized carbons (Fsp3) is 0.150. The number of nitrogens with zero attached hydrogens (tertiary/aromatic N) is 2. The summed E-state index contributed by atoms with van der Waals surface area (Å²) in [6.45, 7) is 2.54. The van der Waals surface area contributed by atoms with Gasteiger partial charge in [-0.15, -0.1) is 0 Å². The van der Waals surface area contributed by atoms with Gasteiger partial charge in [0.05, 0.1) is 11.9 Å². The number of anilines is 1. The van der Waals surface area contributed by atoms with Crippen LogP contribution in [-0.2, 0) is 6.54 Å². The molecule has 126 valence electrons. The van der Waals surface area contributed by atoms with Crippen LogP contribution in [-0.4, -0.2) is 15.9 Å². The van der Waals surface area contributed by atoms with Crippen LogP contribution in [0.4, 0.5) is 5.69 Å². The number of carbonyl (C=O) groups excluding carboxylic acids is 1. The average molecular weight is 332 g/mol. The lowest BCUT2D eigenvalue weighted by Gasteiger charge is -2.15. The molecule has 5 heteroatoms. The first kappa shape index (κ1) is 16.6. The van der Waals surface area contributed by atoms with Gasteiger partial charge in [0.2, 0.25) is 0 Å². The summed E-state index contributed by atoms with van der Waals surface area (Å²) in [6, 6.07) is 17.7. The van der Waals surface area contributed by atoms with Crippen molar-refractivity contribution in [2.24, 2.45) is 0 Å². The summed E-state index contributed by atoms with van der Waals surface area (Å²) in [5.41, 5.74) is 3.47. The van der Waals surface area contributed by atoms with E-state index < -0.39 is 0 Å². The Hall–Kier alpha value is -3.21. The Kier molecular flexibility index (Phi) is 5.36. The Morgan fingerprint density at radius 3 is 2.48 bits per heavy atom. The van der Waals surface area contributed by atoms with Crippen LogP contribution in [0.2, 0.25) is 0 Å². The number of pyridine rings is 2. The molecule has 0 bridgehead atoms. The van der Waals surface area contributed by atoms with E-state index in [1.165, 1.54) is 5.56 Å². The molecule has 0 saturated carbocycles. The molecular weight excluding hydrogens is 312 g/mol. The van der Waals surface area contributed by atoms with Crippen LogP contribution in [0, 0.1) is 0 Å². The number of carbonyl (C=O) groups is 1. The quantitative estimate of drug-likeness (QED) is 0.724. The van der Waals surface area contributed by atoms with Gasteiger partial charge >= 0.3 is 0 Å². The molecule has 1 amide bonds. The van der Waals surface area contributed by atoms with E-state index in [9.17, 15) is 4.79 Å². The zero-order chi connectivity index (χ0) is 17.5. The number of nitrogens with one attached hydrogen (secondary N) is 2. The van der Waals surface area contributed by atoms with Gasteiger partial charge in [-0.25, -0.2) is 4.98 Å². The Balaban J connectivity index is 1.57. The first-order valence-electron chi connectivity index (χ1n) is 8.17. The van der Waals surface area contributed by atoms with Crippen LogP contribution < -0.4 is 10.6 Å². The number of benzene rings is 1. The van der Waals surface area contributed by atoms with E-state index in [1.54, 1.807) is 24.7 Å². The van der Waals surface area contributed by atoms with Crippen LogP contribution >= 0.6 is 0 Å². The largest absolute Gasteiger partial charge is 0.377 e. The van der Waals surface area contributed by atoms with Crippen LogP contribution in [0.15, 0.2) is 73.2 Å². The van der Waals surface area contributed by atoms with E-state index in [-0.39, 0.29) is 11.9 Å². The number of hydrogen-bond acceptors (Lipinski definition) is 4. The molecule has 0 fully saturated rings. The zero-order valence-corrected chi connectivity index (χ0v) is 14.0. The van der Waals surface area contributed by atoms with Gasteiger partial charge in [-0.05, 0) is 42.3 Å². The molecule has 3 rings (SSSR count). The Morgan fingerprint density at radius 2 is 1.80 bits per heavy atom. The molecule has 2 N–H and O–H groups in total. The molecule has 0 aliphatic rings. The molecule has 0 saturated heterocycles. The monoisotopic (exact) mass is 332 g/mol. The molecule has 0 aliphatic carbocycles. The number of rotatable bonds is 6. The molecule has 3 aromatic rings. The molecule has 0 aliphatic heterocycles. The van der Waals surface area contributed by atoms with E-state index in [2.05, 4.69) is 39.7 Å². The van der Waals surface area contributed by atoms with Gasteiger partial charge < -0.3 is 10.6 Å². The molecule has 2 aromatic heterocycles. The summed E-state index contributed by atoms with van der Waals surface area (Å²) in [7, 11) is 0. The highest BCUT2D eigenvalue weighted by atomic mass is 16.1. The fourth-order valence-corrected chi connectivity index (χ4v) is 2.46. The third-order valence-corrected chi connectivity index (χ3v) is 3.88. The van der Waals surface area contributed by atoms with Gasteiger partial charge in [0, 0.05) is 25.0 Å². The summed E-state index contributed by atoms with van der Waals surface area (Å²) in [4.78, 5) is 20.4. The van der Waals surface area contributed by atoms with Gasteiger partial charge in [-0.1, -0.05) is 30.3 Å². The SMILES string of the molecule is CC(Nc1ccc(C(=O)NCc2ccncc2)nc1)c1ccccc1. The van der Waals surface area contributed by atoms with Gasteiger partial charge in [-0.2, -0.15) is 0 Å². The Morgan fingerprint density at radius 1 is 1.04 bits per heavy atom. The lowest BCUT2D eigenvalue weighted by Crippen LogP contribution is -2.23. The fourth-order valence-electron chi connectivity index (χ4n) is 2.46. The van der Waals surface area contributed by atoms with Crippen molar-refractivity contribution in [2.45, 2.75) is 19.5 Å². The molecule has 0 spiro atoms. The third-order valence-electron chi connectivity index (χ3n) is 3.88. The summed E-state index contributed by atoms with van der Waals surface area (Å²) in [6.07, 6.45) is 5.09. The highest BCUT2D eigenvalue weighted by Crippen LogP contribution is 2.18. The van der Waals surface area contributed by atoms with Gasteiger partial charge in [0.15, 0.2) is 0 Å². The van der Waals surface area contributed by atoms with Crippen molar-refractivity contribution >= 4 is 11.6 Å². The summed E-state index contributed by atoms with van der Waals surface area (Å²) >= 11 is 0. The first-order chi connectivity index (χ1) is 12.2. The van der Waals surface area contributed by atoms with Crippen molar-refractivity contribution < 1.29 is 4.79 Å². The molecule has 2 heterocycles. The van der Waals surface area contributed by atoms with Crippen molar-refractivity contribution in [3.63, 3.8) is 0 Å². The lowest BCUT2D eigenvalue weighted by molar-refractivity contribution is 0.0946. The zero-order valence-electron chi connectivity index (χ0n) is 14.0. The lowest BCUT2D eigenvalue weighted by atomic mass is 10.1. The van der Waals surface area contributed by atoms with Crippen LogP contribution in [0.5, 0.6) is 0 Å². The number of aromatic nitrogens is 2. The van der Waals surface area contributed by atoms with Crippen LogP contribution in [0.25, 0.3) is 0 Å². The summed E-state index contributed by atoms with van der Waals surface area (Å²) in [5, 5.41) is 6.23. The Labute approximate surface area is 147 Å². The Bertz CT molecular complexity index is 804. The topological polar surface area (TPSA) is 66.9 Å². The molecule has 1 aromatic carbocycles. The highest BCUT2D eigenvalue weighted by molar-refractivity contribution is 5.92. The van der Waals surface area contributed by atoms with Crippen LogP contribution in [0.3, 0.4) is 0 Å². The normalized spacial score (nSPS) is 11.6. The highest BCUT2D eigenvalue weighted by Gasteiger charge is 2.08. The molecule has 1 atom stereocenters. The van der Waals surface area contributed by atoms with E-state index >= 15 is 0 Å². The van der Waals surface area contributed by atoms with Gasteiger partial charge in [0.1, 0.15) is 5.69 Å². The van der Waals surface area contributed by atoms with Crippen molar-refractivity contribution in [1.29, 1.82) is 0 Å². The predicted octanol–water partition coefficient (Wildman–Crippen LogP) is 3.58. The molecule has 5 nitrogen and oxygen atoms in total. The molecule has 25 heavy (non-hydrogen) atoms. The molecule has 0 radical (unpaired) electrons. The maximum atomic E-state index is 12.2. The molecule has 1 unspecified atom stereocenters. The van der Waals surface area contributed by atoms with Crippen molar-refractivity contribution in [2.75, 3.05) is 5.32 Å². The standard InChI is InChI=1S/C20H20N4O/c1-15(17-5-3-2-4-6-17)24-18-7-8-19(22-14-18)20(25)23-13-16-9-11-21-12-10-16/h2-12,14-15,24H,13H2,1H3,(H,23,25). The minimum atomic E-state index is -0.195. The third kappa shape index (κ3) is 4.64. The van der Waals surface area contributed by atoms with E-state index in [0.717, 1.165) is 11.3 Å². The average Bonchev–Trinajstić information content (AvgIpc) is 2.68. The number of hydrogen-bond donors (Lipinski definition) is 2. The van der Waals surface area contributed by atoms with E-state index in [4.69, 9.17) is 0 Å². The minimum absolute atomic E-state index is 0.161. The second kappa shape index (κ2) is 8.06. The van der Waals surface area contributed by atoms with Crippen molar-refractivity contribution in [1.82, 2.24) is 15.3 Å². The maximum absolute atomic E-state index is 12.2. The van der Waals surface area contributed by atoms with E-state index in [1.807, 2.05) is 36.4 Å². The predicted molar refractivity (Wildman–Crippen MR) is 98.1 cm³/mol. The first-order valence-corrected chi connectivity index (χ1v) is 8.17. The van der Waals surface area contributed by atoms with Gasteiger partial charge in [0.25, 0.3) is 5.91 Å². The minimum Gasteiger partial charge on any atom is -0.377 e.